The molecule has 0 bridgehead atoms. The standard InChI is InChI=1S/C10H19NO3/c1-4-5-8(12)11-7-6-10(2,3)9(13)14/h4-7H2,1-3H3,(H,11,12)(H,13,14). The van der Waals surface area contributed by atoms with E-state index in [1.165, 1.54) is 0 Å². The second kappa shape index (κ2) is 5.62. The molecule has 14 heavy (non-hydrogen) atoms. The van der Waals surface area contributed by atoms with E-state index >= 15 is 0 Å². The zero-order valence-electron chi connectivity index (χ0n) is 9.09. The summed E-state index contributed by atoms with van der Waals surface area (Å²) in [5.41, 5.74) is -0.764. The third-order valence-electron chi connectivity index (χ3n) is 2.13. The minimum absolute atomic E-state index is 0.00584. The Labute approximate surface area is 84.7 Å². The SMILES string of the molecule is CCCC(=O)NCCC(C)(C)C(=O)O. The predicted molar refractivity (Wildman–Crippen MR) is 54.0 cm³/mol. The lowest BCUT2D eigenvalue weighted by Gasteiger charge is -2.18. The second-order valence-corrected chi connectivity index (χ2v) is 4.04. The van der Waals surface area contributed by atoms with Gasteiger partial charge in [0.05, 0.1) is 5.41 Å². The van der Waals surface area contributed by atoms with Crippen molar-refractivity contribution in [3.63, 3.8) is 0 Å². The lowest BCUT2D eigenvalue weighted by Crippen LogP contribution is -2.31. The van der Waals surface area contributed by atoms with Crippen LogP contribution in [0.3, 0.4) is 0 Å². The van der Waals surface area contributed by atoms with Gasteiger partial charge in [0.25, 0.3) is 0 Å². The molecule has 0 radical (unpaired) electrons. The van der Waals surface area contributed by atoms with Crippen LogP contribution < -0.4 is 5.32 Å². The maximum absolute atomic E-state index is 11.0. The predicted octanol–water partition coefficient (Wildman–Crippen LogP) is 1.40. The zero-order valence-corrected chi connectivity index (χ0v) is 9.09. The normalized spacial score (nSPS) is 11.1. The van der Waals surface area contributed by atoms with Gasteiger partial charge in [-0.25, -0.2) is 0 Å². The van der Waals surface area contributed by atoms with Gasteiger partial charge in [-0.05, 0) is 26.7 Å². The summed E-state index contributed by atoms with van der Waals surface area (Å²) >= 11 is 0. The van der Waals surface area contributed by atoms with Crippen molar-refractivity contribution < 1.29 is 14.7 Å². The Hall–Kier alpha value is -1.06. The van der Waals surface area contributed by atoms with Gasteiger partial charge in [-0.2, -0.15) is 0 Å². The first kappa shape index (κ1) is 12.9. The van der Waals surface area contributed by atoms with Crippen LogP contribution in [0.2, 0.25) is 0 Å². The van der Waals surface area contributed by atoms with Crippen LogP contribution in [0.25, 0.3) is 0 Å². The van der Waals surface area contributed by atoms with Gasteiger partial charge in [0.15, 0.2) is 0 Å². The lowest BCUT2D eigenvalue weighted by molar-refractivity contribution is -0.147. The van der Waals surface area contributed by atoms with Crippen molar-refractivity contribution in [3.05, 3.63) is 0 Å². The summed E-state index contributed by atoms with van der Waals surface area (Å²) in [6.07, 6.45) is 1.78. The van der Waals surface area contributed by atoms with E-state index < -0.39 is 11.4 Å². The first-order valence-electron chi connectivity index (χ1n) is 4.90. The molecule has 4 heteroatoms. The molecule has 0 saturated carbocycles. The second-order valence-electron chi connectivity index (χ2n) is 4.04. The first-order chi connectivity index (χ1) is 6.40. The van der Waals surface area contributed by atoms with Gasteiger partial charge in [-0.3, -0.25) is 9.59 Å². The maximum atomic E-state index is 11.0. The van der Waals surface area contributed by atoms with Crippen LogP contribution in [0.5, 0.6) is 0 Å². The van der Waals surface area contributed by atoms with Gasteiger partial charge >= 0.3 is 5.97 Å². The summed E-state index contributed by atoms with van der Waals surface area (Å²) in [7, 11) is 0. The largest absolute Gasteiger partial charge is 0.481 e. The fourth-order valence-corrected chi connectivity index (χ4v) is 0.937. The fraction of sp³-hybridized carbons (Fsp3) is 0.800. The summed E-state index contributed by atoms with van der Waals surface area (Å²) in [5.74, 6) is -0.837. The van der Waals surface area contributed by atoms with E-state index in [1.54, 1.807) is 13.8 Å². The maximum Gasteiger partial charge on any atom is 0.309 e. The molecule has 0 heterocycles. The van der Waals surface area contributed by atoms with Crippen LogP contribution in [-0.4, -0.2) is 23.5 Å². The fourth-order valence-electron chi connectivity index (χ4n) is 0.937. The van der Waals surface area contributed by atoms with Crippen molar-refractivity contribution in [1.29, 1.82) is 0 Å². The molecule has 0 aliphatic rings. The molecule has 0 aliphatic heterocycles. The summed E-state index contributed by atoms with van der Waals surface area (Å²) in [6.45, 7) is 5.67. The summed E-state index contributed by atoms with van der Waals surface area (Å²) in [4.78, 5) is 21.7. The van der Waals surface area contributed by atoms with Gasteiger partial charge in [0.2, 0.25) is 5.91 Å². The average molecular weight is 201 g/mol. The van der Waals surface area contributed by atoms with Crippen molar-refractivity contribution in [1.82, 2.24) is 5.32 Å². The van der Waals surface area contributed by atoms with E-state index in [-0.39, 0.29) is 5.91 Å². The van der Waals surface area contributed by atoms with E-state index in [0.717, 1.165) is 6.42 Å². The third kappa shape index (κ3) is 4.84. The molecule has 0 spiro atoms. The Bertz CT molecular complexity index is 211. The number of nitrogens with one attached hydrogen (secondary N) is 1. The number of aliphatic carboxylic acids is 1. The Morgan fingerprint density at radius 1 is 1.36 bits per heavy atom. The number of hydrogen-bond donors (Lipinski definition) is 2. The average Bonchev–Trinajstić information content (AvgIpc) is 2.04. The van der Waals surface area contributed by atoms with E-state index in [9.17, 15) is 9.59 Å². The minimum atomic E-state index is -0.831. The number of amides is 1. The Kier molecular flexibility index (Phi) is 5.20. The highest BCUT2D eigenvalue weighted by Gasteiger charge is 2.26. The molecule has 0 saturated heterocycles. The molecule has 0 aromatic rings. The molecule has 0 unspecified atom stereocenters. The van der Waals surface area contributed by atoms with Crippen molar-refractivity contribution in [2.24, 2.45) is 5.41 Å². The number of carbonyl (C=O) groups is 2. The molecule has 0 rings (SSSR count). The molecule has 0 aromatic carbocycles. The van der Waals surface area contributed by atoms with Crippen molar-refractivity contribution in [2.45, 2.75) is 40.0 Å². The van der Waals surface area contributed by atoms with E-state index in [0.29, 0.717) is 19.4 Å². The Morgan fingerprint density at radius 3 is 2.36 bits per heavy atom. The molecule has 2 N–H and O–H groups in total. The molecule has 4 nitrogen and oxygen atoms in total. The topological polar surface area (TPSA) is 66.4 Å². The molecule has 0 aliphatic carbocycles. The smallest absolute Gasteiger partial charge is 0.309 e. The van der Waals surface area contributed by atoms with Crippen LogP contribution in [0.4, 0.5) is 0 Å². The van der Waals surface area contributed by atoms with Crippen molar-refractivity contribution in [3.8, 4) is 0 Å². The summed E-state index contributed by atoms with van der Waals surface area (Å²) in [5, 5.41) is 11.5. The van der Waals surface area contributed by atoms with E-state index in [1.807, 2.05) is 6.92 Å². The van der Waals surface area contributed by atoms with Crippen LogP contribution in [0, 0.1) is 5.41 Å². The summed E-state index contributed by atoms with van der Waals surface area (Å²) in [6, 6.07) is 0. The Balaban J connectivity index is 3.74. The van der Waals surface area contributed by atoms with Gasteiger partial charge in [0.1, 0.15) is 0 Å². The molecular formula is C10H19NO3. The van der Waals surface area contributed by atoms with Gasteiger partial charge in [-0.15, -0.1) is 0 Å². The molecule has 82 valence electrons. The molecule has 0 fully saturated rings. The summed E-state index contributed by atoms with van der Waals surface area (Å²) < 4.78 is 0. The molecular weight excluding hydrogens is 182 g/mol. The highest BCUT2D eigenvalue weighted by atomic mass is 16.4. The highest BCUT2D eigenvalue weighted by molar-refractivity contribution is 5.76. The van der Waals surface area contributed by atoms with Gasteiger partial charge < -0.3 is 10.4 Å². The number of hydrogen-bond acceptors (Lipinski definition) is 2. The number of carboxylic acid groups (broad SMARTS) is 1. The molecule has 0 aromatic heterocycles. The monoisotopic (exact) mass is 201 g/mol. The van der Waals surface area contributed by atoms with Gasteiger partial charge in [0, 0.05) is 13.0 Å². The highest BCUT2D eigenvalue weighted by Crippen LogP contribution is 2.19. The van der Waals surface area contributed by atoms with Crippen molar-refractivity contribution in [2.75, 3.05) is 6.54 Å². The molecule has 0 atom stereocenters. The first-order valence-corrected chi connectivity index (χ1v) is 4.90. The van der Waals surface area contributed by atoms with Crippen LogP contribution in [-0.2, 0) is 9.59 Å². The van der Waals surface area contributed by atoms with E-state index in [4.69, 9.17) is 5.11 Å². The minimum Gasteiger partial charge on any atom is -0.481 e. The number of rotatable bonds is 6. The van der Waals surface area contributed by atoms with Crippen LogP contribution in [0.15, 0.2) is 0 Å². The quantitative estimate of drug-likeness (QED) is 0.682. The number of carboxylic acids is 1. The van der Waals surface area contributed by atoms with Crippen LogP contribution >= 0.6 is 0 Å². The Morgan fingerprint density at radius 2 is 1.93 bits per heavy atom. The third-order valence-corrected chi connectivity index (χ3v) is 2.13. The van der Waals surface area contributed by atoms with Gasteiger partial charge in [-0.1, -0.05) is 6.92 Å². The van der Waals surface area contributed by atoms with Crippen molar-refractivity contribution >= 4 is 11.9 Å². The zero-order chi connectivity index (χ0) is 11.2. The molecule has 1 amide bonds. The van der Waals surface area contributed by atoms with Crippen LogP contribution in [0.1, 0.15) is 40.0 Å². The lowest BCUT2D eigenvalue weighted by atomic mass is 9.90. The van der Waals surface area contributed by atoms with E-state index in [2.05, 4.69) is 5.32 Å². The number of carbonyl (C=O) groups excluding carboxylic acids is 1.